The maximum Gasteiger partial charge on any atom is 0.109 e. The third-order valence-electron chi connectivity index (χ3n) is 3.60. The van der Waals surface area contributed by atoms with E-state index >= 15 is 0 Å². The fraction of sp³-hybridized carbons (Fsp3) is 0.786. The van der Waals surface area contributed by atoms with Crippen LogP contribution in [0.1, 0.15) is 45.9 Å². The zero-order valence-electron chi connectivity index (χ0n) is 11.7. The Balaban J connectivity index is 2.65. The number of hydrogen-bond acceptors (Lipinski definition) is 2. The van der Waals surface area contributed by atoms with Crippen molar-refractivity contribution in [2.75, 3.05) is 6.54 Å². The van der Waals surface area contributed by atoms with Crippen LogP contribution in [0.15, 0.2) is 12.4 Å². The Hall–Kier alpha value is -0.830. The van der Waals surface area contributed by atoms with Crippen LogP contribution in [0, 0.1) is 5.92 Å². The Morgan fingerprint density at radius 3 is 2.47 bits per heavy atom. The van der Waals surface area contributed by atoms with Gasteiger partial charge in [0.05, 0.1) is 0 Å². The van der Waals surface area contributed by atoms with Crippen molar-refractivity contribution in [1.82, 2.24) is 14.9 Å². The molecule has 1 N–H and O–H groups in total. The predicted molar refractivity (Wildman–Crippen MR) is 73.1 cm³/mol. The van der Waals surface area contributed by atoms with E-state index in [2.05, 4.69) is 42.7 Å². The Morgan fingerprint density at radius 2 is 2.00 bits per heavy atom. The van der Waals surface area contributed by atoms with Crippen LogP contribution >= 0.6 is 0 Å². The van der Waals surface area contributed by atoms with Crippen molar-refractivity contribution in [2.45, 2.75) is 52.5 Å². The molecule has 0 saturated carbocycles. The Bertz CT molecular complexity index is 302. The van der Waals surface area contributed by atoms with Crippen LogP contribution in [0.25, 0.3) is 0 Å². The summed E-state index contributed by atoms with van der Waals surface area (Å²) in [5.41, 5.74) is 0. The molecular weight excluding hydrogens is 210 g/mol. The lowest BCUT2D eigenvalue weighted by Gasteiger charge is -2.26. The van der Waals surface area contributed by atoms with Crippen LogP contribution < -0.4 is 5.32 Å². The topological polar surface area (TPSA) is 29.9 Å². The van der Waals surface area contributed by atoms with Gasteiger partial charge in [-0.25, -0.2) is 4.98 Å². The summed E-state index contributed by atoms with van der Waals surface area (Å²) in [5.74, 6) is 1.93. The summed E-state index contributed by atoms with van der Waals surface area (Å²) in [6, 6.07) is 0.561. The maximum atomic E-state index is 4.44. The normalized spacial score (nSPS) is 13.2. The van der Waals surface area contributed by atoms with Crippen molar-refractivity contribution in [3.8, 4) is 0 Å². The van der Waals surface area contributed by atoms with Gasteiger partial charge >= 0.3 is 0 Å². The molecule has 1 heterocycles. The number of imidazole rings is 1. The molecule has 1 aromatic heterocycles. The van der Waals surface area contributed by atoms with Gasteiger partial charge < -0.3 is 9.88 Å². The highest BCUT2D eigenvalue weighted by Crippen LogP contribution is 2.16. The van der Waals surface area contributed by atoms with Gasteiger partial charge in [-0.05, 0) is 18.9 Å². The standard InChI is InChI=1S/C14H27N3/c1-5-8-15-13(12(6-2)7-3)11-14-16-9-10-17(14)4/h9-10,12-13,15H,5-8,11H2,1-4H3. The first kappa shape index (κ1) is 14.2. The molecular formula is C14H27N3. The molecule has 98 valence electrons. The molecule has 0 amide bonds. The van der Waals surface area contributed by atoms with Crippen LogP contribution in [0.5, 0.6) is 0 Å². The Kier molecular flexibility index (Phi) is 6.27. The minimum Gasteiger partial charge on any atom is -0.338 e. The van der Waals surface area contributed by atoms with Crippen LogP contribution in [0.3, 0.4) is 0 Å². The first-order valence-corrected chi connectivity index (χ1v) is 6.92. The number of nitrogens with zero attached hydrogens (tertiary/aromatic N) is 2. The highest BCUT2D eigenvalue weighted by atomic mass is 15.0. The second kappa shape index (κ2) is 7.49. The third-order valence-corrected chi connectivity index (χ3v) is 3.60. The van der Waals surface area contributed by atoms with E-state index < -0.39 is 0 Å². The molecule has 1 aromatic rings. The number of aryl methyl sites for hydroxylation is 1. The molecule has 0 saturated heterocycles. The molecule has 1 unspecified atom stereocenters. The van der Waals surface area contributed by atoms with E-state index in [4.69, 9.17) is 0 Å². The lowest BCUT2D eigenvalue weighted by molar-refractivity contribution is 0.326. The molecule has 17 heavy (non-hydrogen) atoms. The van der Waals surface area contributed by atoms with Gasteiger partial charge in [0, 0.05) is 31.9 Å². The van der Waals surface area contributed by atoms with E-state index in [1.807, 2.05) is 12.4 Å². The fourth-order valence-corrected chi connectivity index (χ4v) is 2.38. The quantitative estimate of drug-likeness (QED) is 0.753. The molecule has 0 fully saturated rings. The molecule has 3 nitrogen and oxygen atoms in total. The van der Waals surface area contributed by atoms with E-state index in [1.54, 1.807) is 0 Å². The van der Waals surface area contributed by atoms with E-state index in [1.165, 1.54) is 25.1 Å². The van der Waals surface area contributed by atoms with Gasteiger partial charge in [0.1, 0.15) is 5.82 Å². The zero-order valence-corrected chi connectivity index (χ0v) is 11.7. The van der Waals surface area contributed by atoms with Gasteiger partial charge in [-0.15, -0.1) is 0 Å². The molecule has 0 aliphatic rings. The first-order chi connectivity index (χ1) is 8.22. The summed E-state index contributed by atoms with van der Waals surface area (Å²) in [4.78, 5) is 4.44. The van der Waals surface area contributed by atoms with Crippen molar-refractivity contribution >= 4 is 0 Å². The maximum absolute atomic E-state index is 4.44. The van der Waals surface area contributed by atoms with Crippen molar-refractivity contribution in [1.29, 1.82) is 0 Å². The SMILES string of the molecule is CCCNC(Cc1nccn1C)C(CC)CC. The molecule has 0 aromatic carbocycles. The molecule has 0 spiro atoms. The summed E-state index contributed by atoms with van der Waals surface area (Å²) in [7, 11) is 2.08. The van der Waals surface area contributed by atoms with E-state index in [9.17, 15) is 0 Å². The fourth-order valence-electron chi connectivity index (χ4n) is 2.38. The second-order valence-corrected chi connectivity index (χ2v) is 4.80. The monoisotopic (exact) mass is 237 g/mol. The van der Waals surface area contributed by atoms with Crippen LogP contribution in [0.4, 0.5) is 0 Å². The summed E-state index contributed by atoms with van der Waals surface area (Å²) in [6.07, 6.45) is 8.62. The molecule has 1 rings (SSSR count). The van der Waals surface area contributed by atoms with Crippen LogP contribution in [0.2, 0.25) is 0 Å². The largest absolute Gasteiger partial charge is 0.338 e. The minimum absolute atomic E-state index is 0.561. The highest BCUT2D eigenvalue weighted by Gasteiger charge is 2.19. The predicted octanol–water partition coefficient (Wildman–Crippen LogP) is 2.77. The van der Waals surface area contributed by atoms with E-state index in [-0.39, 0.29) is 0 Å². The Labute approximate surface area is 106 Å². The number of rotatable bonds is 8. The molecule has 3 heteroatoms. The third kappa shape index (κ3) is 4.15. The van der Waals surface area contributed by atoms with E-state index in [0.29, 0.717) is 6.04 Å². The smallest absolute Gasteiger partial charge is 0.109 e. The lowest BCUT2D eigenvalue weighted by atomic mass is 9.91. The Morgan fingerprint density at radius 1 is 1.29 bits per heavy atom. The summed E-state index contributed by atoms with van der Waals surface area (Å²) in [5, 5.41) is 3.68. The van der Waals surface area contributed by atoms with Gasteiger partial charge in [-0.3, -0.25) is 0 Å². The summed E-state index contributed by atoms with van der Waals surface area (Å²) < 4.78 is 2.13. The molecule has 1 atom stereocenters. The van der Waals surface area contributed by atoms with Crippen LogP contribution in [-0.2, 0) is 13.5 Å². The van der Waals surface area contributed by atoms with Gasteiger partial charge in [0.25, 0.3) is 0 Å². The van der Waals surface area contributed by atoms with E-state index in [0.717, 1.165) is 18.9 Å². The number of nitrogens with one attached hydrogen (secondary N) is 1. The number of hydrogen-bond donors (Lipinski definition) is 1. The van der Waals surface area contributed by atoms with Crippen molar-refractivity contribution in [3.63, 3.8) is 0 Å². The summed E-state index contributed by atoms with van der Waals surface area (Å²) in [6.45, 7) is 7.89. The lowest BCUT2D eigenvalue weighted by Crippen LogP contribution is -2.38. The zero-order chi connectivity index (χ0) is 12.7. The molecule has 0 bridgehead atoms. The van der Waals surface area contributed by atoms with Crippen molar-refractivity contribution < 1.29 is 0 Å². The van der Waals surface area contributed by atoms with Crippen molar-refractivity contribution in [3.05, 3.63) is 18.2 Å². The molecule has 0 radical (unpaired) electrons. The van der Waals surface area contributed by atoms with Crippen LogP contribution in [-0.4, -0.2) is 22.1 Å². The minimum atomic E-state index is 0.561. The van der Waals surface area contributed by atoms with Gasteiger partial charge in [0.15, 0.2) is 0 Å². The van der Waals surface area contributed by atoms with Gasteiger partial charge in [-0.2, -0.15) is 0 Å². The van der Waals surface area contributed by atoms with Crippen molar-refractivity contribution in [2.24, 2.45) is 13.0 Å². The first-order valence-electron chi connectivity index (χ1n) is 6.92. The summed E-state index contributed by atoms with van der Waals surface area (Å²) >= 11 is 0. The molecule has 0 aliphatic heterocycles. The van der Waals surface area contributed by atoms with Gasteiger partial charge in [-0.1, -0.05) is 33.6 Å². The highest BCUT2D eigenvalue weighted by molar-refractivity contribution is 4.96. The van der Waals surface area contributed by atoms with Gasteiger partial charge in [0.2, 0.25) is 0 Å². The molecule has 0 aliphatic carbocycles. The number of aromatic nitrogens is 2. The second-order valence-electron chi connectivity index (χ2n) is 4.80. The average Bonchev–Trinajstić information content (AvgIpc) is 2.73. The average molecular weight is 237 g/mol.